The zero-order chi connectivity index (χ0) is 21.0. The monoisotopic (exact) mass is 421 g/mol. The number of likely N-dealkylation sites (N-methyl/N-ethyl adjacent to an activating group) is 2. The Kier molecular flexibility index (Phi) is 4.47. The molecule has 2 amide bonds. The van der Waals surface area contributed by atoms with Gasteiger partial charge in [0.05, 0.1) is 17.6 Å². The molecule has 0 saturated heterocycles. The Bertz CT molecular complexity index is 1190. The minimum Gasteiger partial charge on any atom is -0.351 e. The number of carbonyl (C=O) groups is 2. The van der Waals surface area contributed by atoms with Crippen LogP contribution in [-0.2, 0) is 17.8 Å². The zero-order valence-electron chi connectivity index (χ0n) is 17.3. The number of anilines is 2. The minimum atomic E-state index is -0.0522. The first-order chi connectivity index (χ1) is 14.5. The van der Waals surface area contributed by atoms with E-state index in [0.29, 0.717) is 18.7 Å². The van der Waals surface area contributed by atoms with Crippen LogP contribution in [0, 0.1) is 6.92 Å². The number of para-hydroxylation sites is 1. The van der Waals surface area contributed by atoms with Crippen LogP contribution in [0.3, 0.4) is 0 Å². The number of hydrogen-bond acceptors (Lipinski definition) is 6. The lowest BCUT2D eigenvalue weighted by Crippen LogP contribution is -2.37. The van der Waals surface area contributed by atoms with E-state index in [9.17, 15) is 9.59 Å². The number of fused-ring (bicyclic) bond motifs is 4. The van der Waals surface area contributed by atoms with Crippen molar-refractivity contribution in [3.63, 3.8) is 0 Å². The number of carbonyl (C=O) groups excluding carboxylic acids is 2. The largest absolute Gasteiger partial charge is 0.351 e. The molecule has 2 aromatic heterocycles. The van der Waals surface area contributed by atoms with E-state index in [1.54, 1.807) is 23.3 Å². The maximum Gasteiger partial charge on any atom is 0.257 e. The molecular weight excluding hydrogens is 398 g/mol. The lowest BCUT2D eigenvalue weighted by atomic mass is 10.0. The van der Waals surface area contributed by atoms with Gasteiger partial charge in [0.25, 0.3) is 5.91 Å². The van der Waals surface area contributed by atoms with E-state index in [1.165, 1.54) is 4.90 Å². The highest BCUT2D eigenvalue weighted by Crippen LogP contribution is 2.42. The number of aromatic nitrogens is 2. The summed E-state index contributed by atoms with van der Waals surface area (Å²) in [6.45, 7) is 6.01. The Labute approximate surface area is 178 Å². The van der Waals surface area contributed by atoms with E-state index in [0.717, 1.165) is 51.0 Å². The van der Waals surface area contributed by atoms with E-state index in [-0.39, 0.29) is 18.4 Å². The molecule has 1 aromatic carbocycles. The highest BCUT2D eigenvalue weighted by Gasteiger charge is 2.36. The molecule has 2 aliphatic heterocycles. The quantitative estimate of drug-likeness (QED) is 0.636. The topological polar surface area (TPSA) is 69.6 Å². The van der Waals surface area contributed by atoms with Crippen LogP contribution in [0.2, 0.25) is 0 Å². The Morgan fingerprint density at radius 1 is 1.13 bits per heavy atom. The fourth-order valence-electron chi connectivity index (χ4n) is 4.38. The third-order valence-electron chi connectivity index (χ3n) is 5.83. The summed E-state index contributed by atoms with van der Waals surface area (Å²) in [6, 6.07) is 8.06. The van der Waals surface area contributed by atoms with Crippen molar-refractivity contribution in [1.82, 2.24) is 14.9 Å². The van der Waals surface area contributed by atoms with E-state index >= 15 is 0 Å². The summed E-state index contributed by atoms with van der Waals surface area (Å²) >= 11 is 1.57. The molecule has 0 saturated carbocycles. The summed E-state index contributed by atoms with van der Waals surface area (Å²) < 4.78 is 0. The molecule has 0 bridgehead atoms. The van der Waals surface area contributed by atoms with E-state index < -0.39 is 0 Å². The SMILES string of the molecule is CCN1C(=O)CN(C)C(=O)c2c1sc1c2CCN(c2nc(C)nc3ccccc23)C1. The molecule has 7 nitrogen and oxygen atoms in total. The highest BCUT2D eigenvalue weighted by atomic mass is 32.1. The number of thiophene rings is 1. The third-order valence-corrected chi connectivity index (χ3v) is 7.07. The van der Waals surface area contributed by atoms with Crippen molar-refractivity contribution in [3.05, 3.63) is 46.1 Å². The van der Waals surface area contributed by atoms with Gasteiger partial charge >= 0.3 is 0 Å². The molecule has 3 aromatic rings. The molecule has 0 spiro atoms. The van der Waals surface area contributed by atoms with E-state index in [1.807, 2.05) is 32.0 Å². The van der Waals surface area contributed by atoms with Gasteiger partial charge in [-0.1, -0.05) is 12.1 Å². The van der Waals surface area contributed by atoms with Gasteiger partial charge in [0.15, 0.2) is 0 Å². The van der Waals surface area contributed by atoms with Crippen molar-refractivity contribution in [2.45, 2.75) is 26.8 Å². The van der Waals surface area contributed by atoms with Crippen molar-refractivity contribution in [2.24, 2.45) is 0 Å². The second-order valence-corrected chi connectivity index (χ2v) is 8.85. The molecule has 0 unspecified atom stereocenters. The molecule has 0 radical (unpaired) electrons. The average molecular weight is 422 g/mol. The molecule has 30 heavy (non-hydrogen) atoms. The molecule has 0 aliphatic carbocycles. The average Bonchev–Trinajstić information content (AvgIpc) is 3.07. The van der Waals surface area contributed by atoms with Gasteiger partial charge in [-0.2, -0.15) is 0 Å². The van der Waals surface area contributed by atoms with Gasteiger partial charge in [-0.3, -0.25) is 9.59 Å². The molecular formula is C22H23N5O2S. The van der Waals surface area contributed by atoms with Crippen LogP contribution in [0.1, 0.15) is 33.5 Å². The summed E-state index contributed by atoms with van der Waals surface area (Å²) in [5.74, 6) is 1.60. The highest BCUT2D eigenvalue weighted by molar-refractivity contribution is 7.17. The number of nitrogens with zero attached hydrogens (tertiary/aromatic N) is 5. The second-order valence-electron chi connectivity index (χ2n) is 7.77. The first-order valence-electron chi connectivity index (χ1n) is 10.2. The van der Waals surface area contributed by atoms with E-state index in [2.05, 4.69) is 16.0 Å². The van der Waals surface area contributed by atoms with Crippen LogP contribution < -0.4 is 9.80 Å². The van der Waals surface area contributed by atoms with Gasteiger partial charge in [-0.15, -0.1) is 11.3 Å². The van der Waals surface area contributed by atoms with Gasteiger partial charge in [-0.25, -0.2) is 9.97 Å². The molecule has 8 heteroatoms. The van der Waals surface area contributed by atoms with Crippen LogP contribution in [0.4, 0.5) is 10.8 Å². The number of rotatable bonds is 2. The predicted molar refractivity (Wildman–Crippen MR) is 118 cm³/mol. The fraction of sp³-hybridized carbons (Fsp3) is 0.364. The maximum absolute atomic E-state index is 13.1. The van der Waals surface area contributed by atoms with Crippen molar-refractivity contribution >= 4 is 44.9 Å². The van der Waals surface area contributed by atoms with Crippen molar-refractivity contribution in [2.75, 3.05) is 36.5 Å². The normalized spacial score (nSPS) is 16.7. The molecule has 0 N–H and O–H groups in total. The van der Waals surface area contributed by atoms with Crippen LogP contribution in [0.15, 0.2) is 24.3 Å². The fourth-order valence-corrected chi connectivity index (χ4v) is 5.81. The Morgan fingerprint density at radius 3 is 2.73 bits per heavy atom. The van der Waals surface area contributed by atoms with Crippen LogP contribution >= 0.6 is 11.3 Å². The van der Waals surface area contributed by atoms with Crippen molar-refractivity contribution in [1.29, 1.82) is 0 Å². The van der Waals surface area contributed by atoms with Crippen LogP contribution in [0.25, 0.3) is 10.9 Å². The Morgan fingerprint density at radius 2 is 1.93 bits per heavy atom. The van der Waals surface area contributed by atoms with Crippen molar-refractivity contribution in [3.8, 4) is 0 Å². The van der Waals surface area contributed by atoms with Gasteiger partial charge in [0, 0.05) is 30.4 Å². The van der Waals surface area contributed by atoms with E-state index in [4.69, 9.17) is 4.98 Å². The second kappa shape index (κ2) is 7.05. The number of amides is 2. The summed E-state index contributed by atoms with van der Waals surface area (Å²) in [7, 11) is 1.71. The maximum atomic E-state index is 13.1. The number of hydrogen-bond donors (Lipinski definition) is 0. The lowest BCUT2D eigenvalue weighted by molar-refractivity contribution is -0.118. The lowest BCUT2D eigenvalue weighted by Gasteiger charge is -2.29. The smallest absolute Gasteiger partial charge is 0.257 e. The number of aryl methyl sites for hydroxylation is 1. The molecule has 0 fully saturated rings. The molecule has 4 heterocycles. The number of benzene rings is 1. The van der Waals surface area contributed by atoms with Crippen LogP contribution in [0.5, 0.6) is 0 Å². The first-order valence-corrected chi connectivity index (χ1v) is 11.0. The molecule has 0 atom stereocenters. The van der Waals surface area contributed by atoms with Gasteiger partial charge in [0.1, 0.15) is 23.2 Å². The third kappa shape index (κ3) is 2.86. The summed E-state index contributed by atoms with van der Waals surface area (Å²) in [5.41, 5.74) is 2.74. The molecule has 154 valence electrons. The molecule has 5 rings (SSSR count). The van der Waals surface area contributed by atoms with Gasteiger partial charge < -0.3 is 14.7 Å². The zero-order valence-corrected chi connectivity index (χ0v) is 18.1. The van der Waals surface area contributed by atoms with Crippen molar-refractivity contribution < 1.29 is 9.59 Å². The summed E-state index contributed by atoms with van der Waals surface area (Å²) in [5, 5.41) is 1.83. The standard InChI is InChI=1S/C22H23N5O2S/c1-4-27-18(28)12-25(3)21(29)19-15-9-10-26(11-17(15)30-22(19)27)20-14-7-5-6-8-16(14)23-13(2)24-20/h5-8H,4,9-12H2,1-3H3. The minimum absolute atomic E-state index is 0.0278. The van der Waals surface area contributed by atoms with Crippen LogP contribution in [-0.4, -0.2) is 53.4 Å². The summed E-state index contributed by atoms with van der Waals surface area (Å²) in [6.07, 6.45) is 0.754. The predicted octanol–water partition coefficient (Wildman–Crippen LogP) is 3.00. The first kappa shape index (κ1) is 19.0. The summed E-state index contributed by atoms with van der Waals surface area (Å²) in [4.78, 5) is 41.7. The van der Waals surface area contributed by atoms with Gasteiger partial charge in [-0.05, 0) is 38.0 Å². The van der Waals surface area contributed by atoms with Gasteiger partial charge in [0.2, 0.25) is 5.91 Å². The Hall–Kier alpha value is -3.00. The molecule has 2 aliphatic rings. The Balaban J connectivity index is 1.59.